The molecular weight excluding hydrogens is 280 g/mol. The van der Waals surface area contributed by atoms with E-state index in [1.165, 1.54) is 24.1 Å². The number of fused-ring (bicyclic) bond motifs is 1. The summed E-state index contributed by atoms with van der Waals surface area (Å²) < 4.78 is 6.05. The van der Waals surface area contributed by atoms with Crippen LogP contribution in [0.1, 0.15) is 18.4 Å². The number of aromatic nitrogens is 1. The van der Waals surface area contributed by atoms with Crippen molar-refractivity contribution in [2.24, 2.45) is 5.92 Å². The summed E-state index contributed by atoms with van der Waals surface area (Å²) in [4.78, 5) is 4.32. The van der Waals surface area contributed by atoms with Crippen molar-refractivity contribution in [2.45, 2.75) is 18.9 Å². The molecule has 17 heavy (non-hydrogen) atoms. The topological polar surface area (TPSA) is 34.1 Å². The molecule has 1 fully saturated rings. The summed E-state index contributed by atoms with van der Waals surface area (Å²) in [5, 5.41) is 3.49. The molecule has 2 heterocycles. The zero-order valence-corrected chi connectivity index (χ0v) is 11.3. The van der Waals surface area contributed by atoms with Crippen LogP contribution in [0.2, 0.25) is 0 Å². The third-order valence-corrected chi connectivity index (χ3v) is 4.31. The van der Waals surface area contributed by atoms with E-state index >= 15 is 0 Å². The van der Waals surface area contributed by atoms with E-state index in [9.17, 15) is 0 Å². The van der Waals surface area contributed by atoms with E-state index in [0.29, 0.717) is 6.04 Å². The fraction of sp³-hybridized carbons (Fsp3) is 0.462. The lowest BCUT2D eigenvalue weighted by Crippen LogP contribution is -2.53. The summed E-state index contributed by atoms with van der Waals surface area (Å²) in [5.74, 6) is 1.65. The molecule has 2 atom stereocenters. The average molecular weight is 295 g/mol. The second-order valence-corrected chi connectivity index (χ2v) is 5.41. The van der Waals surface area contributed by atoms with Gasteiger partial charge in [-0.3, -0.25) is 0 Å². The molecule has 1 N–H and O–H groups in total. The Morgan fingerprint density at radius 1 is 1.53 bits per heavy atom. The lowest BCUT2D eigenvalue weighted by Gasteiger charge is -2.41. The molecule has 0 radical (unpaired) electrons. The molecule has 1 aromatic rings. The third-order valence-electron chi connectivity index (χ3n) is 3.72. The minimum atomic E-state index is 0.671. The first-order valence-electron chi connectivity index (χ1n) is 5.90. The van der Waals surface area contributed by atoms with E-state index in [0.717, 1.165) is 22.7 Å². The highest BCUT2D eigenvalue weighted by atomic mass is 79.9. The molecule has 1 aliphatic heterocycles. The van der Waals surface area contributed by atoms with Crippen molar-refractivity contribution in [3.8, 4) is 5.75 Å². The predicted molar refractivity (Wildman–Crippen MR) is 71.0 cm³/mol. The monoisotopic (exact) mass is 294 g/mol. The maximum absolute atomic E-state index is 5.29. The largest absolute Gasteiger partial charge is 0.494 e. The summed E-state index contributed by atoms with van der Waals surface area (Å²) in [6.07, 6.45) is 6.56. The van der Waals surface area contributed by atoms with Crippen LogP contribution in [0.5, 0.6) is 5.75 Å². The van der Waals surface area contributed by atoms with Crippen molar-refractivity contribution >= 4 is 21.5 Å². The van der Waals surface area contributed by atoms with Crippen LogP contribution in [-0.2, 0) is 0 Å². The summed E-state index contributed by atoms with van der Waals surface area (Å²) in [5.41, 5.74) is 2.56. The van der Waals surface area contributed by atoms with E-state index in [-0.39, 0.29) is 0 Å². The molecule has 3 rings (SSSR count). The van der Waals surface area contributed by atoms with Gasteiger partial charge in [0.15, 0.2) is 5.75 Å². The molecule has 1 aliphatic carbocycles. The first kappa shape index (κ1) is 11.2. The number of rotatable bonds is 2. The van der Waals surface area contributed by atoms with Gasteiger partial charge in [0.05, 0.1) is 7.11 Å². The SMILES string of the molecule is COc1cc(C2=CC[C@@H]3CN[C@@H]3C2)cnc1Br. The molecule has 0 amide bonds. The Balaban J connectivity index is 1.88. The maximum atomic E-state index is 5.29. The number of nitrogens with one attached hydrogen (secondary N) is 1. The average Bonchev–Trinajstić information content (AvgIpc) is 2.32. The van der Waals surface area contributed by atoms with Gasteiger partial charge in [-0.25, -0.2) is 4.98 Å². The van der Waals surface area contributed by atoms with Gasteiger partial charge in [-0.05, 0) is 51.9 Å². The van der Waals surface area contributed by atoms with Crippen molar-refractivity contribution in [3.05, 3.63) is 28.5 Å². The van der Waals surface area contributed by atoms with Crippen LogP contribution >= 0.6 is 15.9 Å². The summed E-state index contributed by atoms with van der Waals surface area (Å²) in [7, 11) is 1.67. The van der Waals surface area contributed by atoms with Gasteiger partial charge >= 0.3 is 0 Å². The van der Waals surface area contributed by atoms with Crippen molar-refractivity contribution in [1.82, 2.24) is 10.3 Å². The van der Waals surface area contributed by atoms with E-state index in [1.807, 2.05) is 6.20 Å². The number of hydrogen-bond donors (Lipinski definition) is 1. The van der Waals surface area contributed by atoms with Crippen LogP contribution in [0, 0.1) is 5.92 Å². The second kappa shape index (κ2) is 4.42. The number of halogens is 1. The molecule has 0 bridgehead atoms. The fourth-order valence-corrected chi connectivity index (χ4v) is 2.91. The van der Waals surface area contributed by atoms with Crippen molar-refractivity contribution in [3.63, 3.8) is 0 Å². The predicted octanol–water partition coefficient (Wildman–Crippen LogP) is 2.62. The standard InChI is InChI=1S/C13H15BrN2O/c1-17-12-5-10(7-16-13(12)14)8-2-3-9-6-15-11(9)4-8/h2,5,7,9,11,15H,3-4,6H2,1H3/t9-,11-/m1/s1. The van der Waals surface area contributed by atoms with E-state index in [4.69, 9.17) is 4.74 Å². The van der Waals surface area contributed by atoms with Gasteiger partial charge in [0.25, 0.3) is 0 Å². The second-order valence-electron chi connectivity index (χ2n) is 4.66. The smallest absolute Gasteiger partial charge is 0.152 e. The Bertz CT molecular complexity index is 472. The minimum absolute atomic E-state index is 0.671. The molecule has 2 aliphatic rings. The Morgan fingerprint density at radius 2 is 2.41 bits per heavy atom. The number of methoxy groups -OCH3 is 1. The third kappa shape index (κ3) is 2.00. The van der Waals surface area contributed by atoms with E-state index in [1.54, 1.807) is 7.11 Å². The maximum Gasteiger partial charge on any atom is 0.152 e. The molecule has 3 nitrogen and oxygen atoms in total. The molecule has 1 saturated heterocycles. The van der Waals surface area contributed by atoms with Crippen LogP contribution in [-0.4, -0.2) is 24.7 Å². The van der Waals surface area contributed by atoms with E-state index in [2.05, 4.69) is 38.4 Å². The highest BCUT2D eigenvalue weighted by Crippen LogP contribution is 2.35. The van der Waals surface area contributed by atoms with Gasteiger partial charge in [-0.2, -0.15) is 0 Å². The van der Waals surface area contributed by atoms with Gasteiger partial charge in [-0.15, -0.1) is 0 Å². The van der Waals surface area contributed by atoms with Crippen LogP contribution in [0.25, 0.3) is 5.57 Å². The Morgan fingerprint density at radius 3 is 3.06 bits per heavy atom. The van der Waals surface area contributed by atoms with Crippen LogP contribution in [0.3, 0.4) is 0 Å². The van der Waals surface area contributed by atoms with Crippen LogP contribution < -0.4 is 10.1 Å². The van der Waals surface area contributed by atoms with Crippen molar-refractivity contribution in [2.75, 3.05) is 13.7 Å². The zero-order chi connectivity index (χ0) is 11.8. The summed E-state index contributed by atoms with van der Waals surface area (Å²) in [6.45, 7) is 1.18. The summed E-state index contributed by atoms with van der Waals surface area (Å²) in [6, 6.07) is 2.73. The molecule has 0 spiro atoms. The number of pyridine rings is 1. The molecule has 0 unspecified atom stereocenters. The highest BCUT2D eigenvalue weighted by Gasteiger charge is 2.33. The van der Waals surface area contributed by atoms with Crippen molar-refractivity contribution < 1.29 is 4.74 Å². The van der Waals surface area contributed by atoms with Gasteiger partial charge in [-0.1, -0.05) is 6.08 Å². The Hall–Kier alpha value is -0.870. The minimum Gasteiger partial charge on any atom is -0.494 e. The van der Waals surface area contributed by atoms with Crippen molar-refractivity contribution in [1.29, 1.82) is 0 Å². The highest BCUT2D eigenvalue weighted by molar-refractivity contribution is 9.10. The van der Waals surface area contributed by atoms with Gasteiger partial charge in [0, 0.05) is 18.8 Å². The zero-order valence-electron chi connectivity index (χ0n) is 9.74. The molecule has 4 heteroatoms. The molecular formula is C13H15BrN2O. The Labute approximate surface area is 109 Å². The van der Waals surface area contributed by atoms with E-state index < -0.39 is 0 Å². The van der Waals surface area contributed by atoms with Gasteiger partial charge < -0.3 is 10.1 Å². The van der Waals surface area contributed by atoms with Gasteiger partial charge in [0.2, 0.25) is 0 Å². The number of allylic oxidation sites excluding steroid dienone is 1. The molecule has 90 valence electrons. The molecule has 0 aromatic carbocycles. The van der Waals surface area contributed by atoms with Crippen LogP contribution in [0.4, 0.5) is 0 Å². The van der Waals surface area contributed by atoms with Crippen LogP contribution in [0.15, 0.2) is 22.9 Å². The lowest BCUT2D eigenvalue weighted by molar-refractivity contribution is 0.230. The number of hydrogen-bond acceptors (Lipinski definition) is 3. The summed E-state index contributed by atoms with van der Waals surface area (Å²) >= 11 is 3.38. The molecule has 1 aromatic heterocycles. The Kier molecular flexibility index (Phi) is 2.92. The normalized spacial score (nSPS) is 26.8. The van der Waals surface area contributed by atoms with Gasteiger partial charge in [0.1, 0.15) is 4.60 Å². The first-order chi connectivity index (χ1) is 8.28. The molecule has 0 saturated carbocycles. The quantitative estimate of drug-likeness (QED) is 0.852. The first-order valence-corrected chi connectivity index (χ1v) is 6.69. The number of nitrogens with zero attached hydrogens (tertiary/aromatic N) is 1. The number of ether oxygens (including phenoxy) is 1. The lowest BCUT2D eigenvalue weighted by atomic mass is 9.78. The fourth-order valence-electron chi connectivity index (χ4n) is 2.53.